The van der Waals surface area contributed by atoms with Gasteiger partial charge in [-0.15, -0.1) is 0 Å². The lowest BCUT2D eigenvalue weighted by molar-refractivity contribution is 0.135. The summed E-state index contributed by atoms with van der Waals surface area (Å²) in [6.45, 7) is 1.64. The lowest BCUT2D eigenvalue weighted by Gasteiger charge is -2.27. The normalized spacial score (nSPS) is 29.8. The van der Waals surface area contributed by atoms with E-state index in [1.54, 1.807) is 6.33 Å². The van der Waals surface area contributed by atoms with Crippen molar-refractivity contribution in [3.63, 3.8) is 0 Å². The van der Waals surface area contributed by atoms with Crippen molar-refractivity contribution < 1.29 is 10.2 Å². The second-order valence-electron chi connectivity index (χ2n) is 7.51. The molecule has 0 radical (unpaired) electrons. The molecular weight excluding hydrogens is 304 g/mol. The molecule has 6 heteroatoms. The van der Waals surface area contributed by atoms with Crippen LogP contribution in [0.3, 0.4) is 0 Å². The van der Waals surface area contributed by atoms with Gasteiger partial charge in [0.25, 0.3) is 0 Å². The Morgan fingerprint density at radius 2 is 1.33 bits per heavy atom. The number of aliphatic hydroxyl groups is 2. The number of aliphatic hydroxyl groups excluding tert-OH is 2. The van der Waals surface area contributed by atoms with E-state index in [1.807, 2.05) is 20.2 Å². The van der Waals surface area contributed by atoms with E-state index in [9.17, 15) is 10.2 Å². The summed E-state index contributed by atoms with van der Waals surface area (Å²) in [5.41, 5.74) is 0. The van der Waals surface area contributed by atoms with Crippen LogP contribution in [0.4, 0.5) is 11.6 Å². The largest absolute Gasteiger partial charge is 0.393 e. The second-order valence-corrected chi connectivity index (χ2v) is 7.51. The Balaban J connectivity index is 1.62. The molecule has 0 bridgehead atoms. The molecule has 0 amide bonds. The van der Waals surface area contributed by atoms with Gasteiger partial charge in [-0.25, -0.2) is 9.97 Å². The number of aromatic nitrogens is 2. The van der Waals surface area contributed by atoms with Gasteiger partial charge in [-0.3, -0.25) is 0 Å². The van der Waals surface area contributed by atoms with Crippen LogP contribution in [0.5, 0.6) is 0 Å². The summed E-state index contributed by atoms with van der Waals surface area (Å²) in [6, 6.07) is 2.00. The maximum absolute atomic E-state index is 10.0. The molecule has 1 aromatic rings. The van der Waals surface area contributed by atoms with Crippen LogP contribution in [-0.2, 0) is 0 Å². The fourth-order valence-corrected chi connectivity index (χ4v) is 4.11. The zero-order valence-electron chi connectivity index (χ0n) is 14.8. The molecule has 0 unspecified atom stereocenters. The van der Waals surface area contributed by atoms with Gasteiger partial charge < -0.3 is 20.0 Å². The zero-order valence-corrected chi connectivity index (χ0v) is 14.8. The minimum absolute atomic E-state index is 0.180. The summed E-state index contributed by atoms with van der Waals surface area (Å²) in [6.07, 6.45) is 7.47. The van der Waals surface area contributed by atoms with Crippen molar-refractivity contribution in [2.45, 2.75) is 50.7 Å². The fraction of sp³-hybridized carbons (Fsp3) is 0.778. The number of nitrogens with zero attached hydrogens (tertiary/aromatic N) is 4. The SMILES string of the molecule is CN(C[C@@H]1CCC[C@H]1O)c1cc(N(C)C[C@@H]2CCC[C@@H]2O)ncn1. The van der Waals surface area contributed by atoms with Crippen LogP contribution in [0.2, 0.25) is 0 Å². The average Bonchev–Trinajstić information content (AvgIpc) is 3.16. The summed E-state index contributed by atoms with van der Waals surface area (Å²) >= 11 is 0. The fourth-order valence-electron chi connectivity index (χ4n) is 4.11. The molecule has 4 atom stereocenters. The molecule has 2 saturated carbocycles. The Hall–Kier alpha value is -1.40. The first kappa shape index (κ1) is 17.4. The molecule has 0 aliphatic heterocycles. The Morgan fingerprint density at radius 3 is 1.71 bits per heavy atom. The standard InChI is InChI=1S/C18H30N4O2/c1-21(10-13-5-3-7-15(13)23)17-9-18(20-12-19-17)22(2)11-14-6-4-8-16(14)24/h9,12-16,23-24H,3-8,10-11H2,1-2H3/t13-,14-,15-,16+/m0/s1. The summed E-state index contributed by atoms with van der Waals surface area (Å²) in [5, 5.41) is 20.0. The molecule has 2 aliphatic carbocycles. The van der Waals surface area contributed by atoms with E-state index in [0.29, 0.717) is 11.8 Å². The van der Waals surface area contributed by atoms with Gasteiger partial charge in [0.15, 0.2) is 0 Å². The third-order valence-electron chi connectivity index (χ3n) is 5.68. The van der Waals surface area contributed by atoms with Crippen molar-refractivity contribution in [2.24, 2.45) is 11.8 Å². The van der Waals surface area contributed by atoms with E-state index >= 15 is 0 Å². The summed E-state index contributed by atoms with van der Waals surface area (Å²) in [5.74, 6) is 2.44. The maximum atomic E-state index is 10.0. The number of rotatable bonds is 6. The minimum Gasteiger partial charge on any atom is -0.393 e. The highest BCUT2D eigenvalue weighted by molar-refractivity contribution is 5.49. The average molecular weight is 334 g/mol. The van der Waals surface area contributed by atoms with Crippen LogP contribution < -0.4 is 9.80 Å². The number of anilines is 2. The molecular formula is C18H30N4O2. The van der Waals surface area contributed by atoms with Crippen LogP contribution in [0, 0.1) is 11.8 Å². The Morgan fingerprint density at radius 1 is 0.875 bits per heavy atom. The van der Waals surface area contributed by atoms with Crippen molar-refractivity contribution in [2.75, 3.05) is 37.0 Å². The monoisotopic (exact) mass is 334 g/mol. The highest BCUT2D eigenvalue weighted by atomic mass is 16.3. The van der Waals surface area contributed by atoms with Crippen molar-refractivity contribution in [1.29, 1.82) is 0 Å². The van der Waals surface area contributed by atoms with Crippen LogP contribution in [0.25, 0.3) is 0 Å². The maximum Gasteiger partial charge on any atom is 0.133 e. The predicted molar refractivity (Wildman–Crippen MR) is 95.3 cm³/mol. The first-order valence-electron chi connectivity index (χ1n) is 9.15. The summed E-state index contributed by atoms with van der Waals surface area (Å²) in [4.78, 5) is 13.0. The van der Waals surface area contributed by atoms with Gasteiger partial charge in [0.05, 0.1) is 12.2 Å². The van der Waals surface area contributed by atoms with E-state index in [4.69, 9.17) is 0 Å². The van der Waals surface area contributed by atoms with Crippen molar-refractivity contribution in [1.82, 2.24) is 9.97 Å². The molecule has 6 nitrogen and oxygen atoms in total. The Labute approximate surface area is 144 Å². The third-order valence-corrected chi connectivity index (χ3v) is 5.68. The number of hydrogen-bond acceptors (Lipinski definition) is 6. The molecule has 134 valence electrons. The van der Waals surface area contributed by atoms with Crippen molar-refractivity contribution in [3.05, 3.63) is 12.4 Å². The Bertz CT molecular complexity index is 498. The van der Waals surface area contributed by atoms with Crippen molar-refractivity contribution in [3.8, 4) is 0 Å². The van der Waals surface area contributed by atoms with Gasteiger partial charge in [0.1, 0.15) is 18.0 Å². The van der Waals surface area contributed by atoms with Gasteiger partial charge in [-0.05, 0) is 25.7 Å². The topological polar surface area (TPSA) is 72.7 Å². The molecule has 1 heterocycles. The van der Waals surface area contributed by atoms with Gasteiger partial charge in [-0.2, -0.15) is 0 Å². The van der Waals surface area contributed by atoms with E-state index in [-0.39, 0.29) is 12.2 Å². The summed E-state index contributed by atoms with van der Waals surface area (Å²) in [7, 11) is 4.05. The van der Waals surface area contributed by atoms with Gasteiger partial charge in [0, 0.05) is 45.1 Å². The highest BCUT2D eigenvalue weighted by Crippen LogP contribution is 2.29. The minimum atomic E-state index is -0.180. The predicted octanol–water partition coefficient (Wildman–Crippen LogP) is 1.67. The first-order chi connectivity index (χ1) is 11.5. The van der Waals surface area contributed by atoms with E-state index in [1.165, 1.54) is 0 Å². The molecule has 0 aromatic carbocycles. The highest BCUT2D eigenvalue weighted by Gasteiger charge is 2.28. The van der Waals surface area contributed by atoms with Gasteiger partial charge >= 0.3 is 0 Å². The van der Waals surface area contributed by atoms with Crippen LogP contribution >= 0.6 is 0 Å². The first-order valence-corrected chi connectivity index (χ1v) is 9.15. The lowest BCUT2D eigenvalue weighted by atomic mass is 10.1. The van der Waals surface area contributed by atoms with Crippen molar-refractivity contribution >= 4 is 11.6 Å². The lowest BCUT2D eigenvalue weighted by Crippen LogP contribution is -2.32. The molecule has 3 rings (SSSR count). The third kappa shape index (κ3) is 3.98. The molecule has 2 aliphatic rings. The van der Waals surface area contributed by atoms with E-state index in [0.717, 1.165) is 63.3 Å². The zero-order chi connectivity index (χ0) is 17.1. The number of hydrogen-bond donors (Lipinski definition) is 2. The molecule has 24 heavy (non-hydrogen) atoms. The Kier molecular flexibility index (Phi) is 5.56. The van der Waals surface area contributed by atoms with E-state index < -0.39 is 0 Å². The summed E-state index contributed by atoms with van der Waals surface area (Å²) < 4.78 is 0. The molecule has 0 saturated heterocycles. The van der Waals surface area contributed by atoms with Gasteiger partial charge in [0.2, 0.25) is 0 Å². The van der Waals surface area contributed by atoms with Crippen LogP contribution in [0.1, 0.15) is 38.5 Å². The van der Waals surface area contributed by atoms with E-state index in [2.05, 4.69) is 19.8 Å². The smallest absolute Gasteiger partial charge is 0.133 e. The molecule has 0 spiro atoms. The van der Waals surface area contributed by atoms with Gasteiger partial charge in [-0.1, -0.05) is 12.8 Å². The molecule has 2 N–H and O–H groups in total. The quantitative estimate of drug-likeness (QED) is 0.824. The second kappa shape index (κ2) is 7.66. The van der Waals surface area contributed by atoms with Crippen LogP contribution in [0.15, 0.2) is 12.4 Å². The van der Waals surface area contributed by atoms with Crippen LogP contribution in [-0.4, -0.2) is 59.6 Å². The molecule has 1 aromatic heterocycles. The molecule has 2 fully saturated rings.